The first-order valence-corrected chi connectivity index (χ1v) is 10.3. The van der Waals surface area contributed by atoms with Crippen LogP contribution >= 0.6 is 0 Å². The first kappa shape index (κ1) is 20.3. The second kappa shape index (κ2) is 9.69. The Morgan fingerprint density at radius 2 is 2.11 bits per heavy atom. The maximum Gasteiger partial charge on any atom is 0.313 e. The molecule has 5 heteroatoms. The van der Waals surface area contributed by atoms with Crippen molar-refractivity contribution in [2.75, 3.05) is 19.7 Å². The van der Waals surface area contributed by atoms with E-state index >= 15 is 0 Å². The molecule has 0 saturated carbocycles. The molecule has 1 aliphatic heterocycles. The average Bonchev–Trinajstić information content (AvgIpc) is 3.16. The Morgan fingerprint density at radius 3 is 2.86 bits per heavy atom. The van der Waals surface area contributed by atoms with Crippen LogP contribution < -0.4 is 0 Å². The molecule has 1 aromatic carbocycles. The highest BCUT2D eigenvalue weighted by Gasteiger charge is 2.42. The predicted molar refractivity (Wildman–Crippen MR) is 112 cm³/mol. The van der Waals surface area contributed by atoms with Gasteiger partial charge < -0.3 is 9.30 Å². The molecule has 28 heavy (non-hydrogen) atoms. The molecule has 0 spiro atoms. The Morgan fingerprint density at radius 1 is 1.29 bits per heavy atom. The van der Waals surface area contributed by atoms with Crippen molar-refractivity contribution in [3.63, 3.8) is 0 Å². The number of hydrogen-bond donors (Lipinski definition) is 0. The number of benzene rings is 1. The average molecular weight is 382 g/mol. The number of carbonyl (C=O) groups is 1. The molecule has 0 aliphatic carbocycles. The second-order valence-corrected chi connectivity index (χ2v) is 7.46. The first-order chi connectivity index (χ1) is 13.7. The molecule has 1 saturated heterocycles. The van der Waals surface area contributed by atoms with Crippen LogP contribution in [0.25, 0.3) is 6.08 Å². The number of esters is 1. The molecular weight excluding hydrogens is 350 g/mol. The Kier molecular flexibility index (Phi) is 7.04. The molecule has 0 N–H and O–H groups in total. The van der Waals surface area contributed by atoms with E-state index in [0.717, 1.165) is 43.9 Å². The highest BCUT2D eigenvalue weighted by Crippen LogP contribution is 2.36. The number of likely N-dealkylation sites (tertiary alicyclic amines) is 1. The van der Waals surface area contributed by atoms with Crippen LogP contribution in [0.1, 0.15) is 44.5 Å². The molecule has 3 rings (SSSR count). The summed E-state index contributed by atoms with van der Waals surface area (Å²) in [6.45, 7) is 7.80. The summed E-state index contributed by atoms with van der Waals surface area (Å²) < 4.78 is 7.66. The third kappa shape index (κ3) is 4.90. The van der Waals surface area contributed by atoms with Crippen LogP contribution in [-0.2, 0) is 22.6 Å². The molecular formula is C23H31N3O2. The van der Waals surface area contributed by atoms with E-state index in [0.29, 0.717) is 19.6 Å². The van der Waals surface area contributed by atoms with Gasteiger partial charge in [0.1, 0.15) is 5.82 Å². The van der Waals surface area contributed by atoms with Gasteiger partial charge in [-0.2, -0.15) is 0 Å². The number of allylic oxidation sites excluding steroid dienone is 1. The van der Waals surface area contributed by atoms with Gasteiger partial charge >= 0.3 is 5.97 Å². The normalized spacial score (nSPS) is 20.5. The number of carbonyl (C=O) groups excluding carboxylic acids is 1. The molecule has 0 bridgehead atoms. The van der Waals surface area contributed by atoms with Crippen molar-refractivity contribution in [3.8, 4) is 0 Å². The van der Waals surface area contributed by atoms with Gasteiger partial charge in [0.25, 0.3) is 0 Å². The van der Waals surface area contributed by atoms with Crippen molar-refractivity contribution < 1.29 is 9.53 Å². The van der Waals surface area contributed by atoms with Crippen LogP contribution in [0, 0.1) is 5.41 Å². The highest BCUT2D eigenvalue weighted by atomic mass is 16.5. The maximum atomic E-state index is 12.9. The minimum absolute atomic E-state index is 0.0729. The van der Waals surface area contributed by atoms with E-state index in [1.165, 1.54) is 0 Å². The monoisotopic (exact) mass is 381 g/mol. The summed E-state index contributed by atoms with van der Waals surface area (Å²) in [5.41, 5.74) is 0.669. The van der Waals surface area contributed by atoms with Crippen molar-refractivity contribution in [2.24, 2.45) is 5.41 Å². The lowest BCUT2D eigenvalue weighted by atomic mass is 9.76. The Labute approximate surface area is 168 Å². The zero-order chi connectivity index (χ0) is 19.8. The molecule has 5 nitrogen and oxygen atoms in total. The van der Waals surface area contributed by atoms with Gasteiger partial charge in [-0.3, -0.25) is 9.69 Å². The lowest BCUT2D eigenvalue weighted by molar-refractivity contribution is -0.159. The van der Waals surface area contributed by atoms with Gasteiger partial charge in [0, 0.05) is 25.5 Å². The topological polar surface area (TPSA) is 47.4 Å². The minimum Gasteiger partial charge on any atom is -0.466 e. The standard InChI is InChI=1S/C23H31N3O2/c1-3-26-17-15-24-21(26)18-25-16-9-14-23(19-25,22(27)28-4-2)13-8-12-20-10-6-5-7-11-20/h5-8,10-12,15,17H,3-4,9,13-14,16,18-19H2,1-2H3/b12-8+/t23-/m1/s1. The summed E-state index contributed by atoms with van der Waals surface area (Å²) in [5.74, 6) is 0.984. The first-order valence-electron chi connectivity index (χ1n) is 10.3. The van der Waals surface area contributed by atoms with Gasteiger partial charge in [-0.25, -0.2) is 4.98 Å². The molecule has 1 aromatic heterocycles. The van der Waals surface area contributed by atoms with Crippen LogP contribution in [0.15, 0.2) is 48.8 Å². The molecule has 1 fully saturated rings. The van der Waals surface area contributed by atoms with E-state index in [1.807, 2.05) is 37.5 Å². The summed E-state index contributed by atoms with van der Waals surface area (Å²) in [6.07, 6.45) is 10.6. The third-order valence-electron chi connectivity index (χ3n) is 5.49. The Hall–Kier alpha value is -2.40. The summed E-state index contributed by atoms with van der Waals surface area (Å²) in [7, 11) is 0. The van der Waals surface area contributed by atoms with Crippen LogP contribution in [0.2, 0.25) is 0 Å². The number of imidazole rings is 1. The number of aryl methyl sites for hydroxylation is 1. The van der Waals surface area contributed by atoms with Gasteiger partial charge in [-0.05, 0) is 45.2 Å². The number of ether oxygens (including phenoxy) is 1. The largest absolute Gasteiger partial charge is 0.466 e. The van der Waals surface area contributed by atoms with Crippen molar-refractivity contribution in [1.29, 1.82) is 0 Å². The van der Waals surface area contributed by atoms with E-state index in [1.54, 1.807) is 0 Å². The Bertz CT molecular complexity index is 784. The second-order valence-electron chi connectivity index (χ2n) is 7.46. The van der Waals surface area contributed by atoms with Gasteiger partial charge in [-0.15, -0.1) is 0 Å². The molecule has 0 amide bonds. The molecule has 2 heterocycles. The van der Waals surface area contributed by atoms with Gasteiger partial charge in [0.2, 0.25) is 0 Å². The Balaban J connectivity index is 1.74. The van der Waals surface area contributed by atoms with Crippen LogP contribution in [-0.4, -0.2) is 40.1 Å². The lowest BCUT2D eigenvalue weighted by Gasteiger charge is -2.40. The summed E-state index contributed by atoms with van der Waals surface area (Å²) in [6, 6.07) is 10.2. The van der Waals surface area contributed by atoms with E-state index < -0.39 is 5.41 Å². The smallest absolute Gasteiger partial charge is 0.313 e. The fourth-order valence-corrected chi connectivity index (χ4v) is 4.03. The third-order valence-corrected chi connectivity index (χ3v) is 5.49. The van der Waals surface area contributed by atoms with E-state index in [4.69, 9.17) is 4.74 Å². The van der Waals surface area contributed by atoms with Crippen molar-refractivity contribution in [1.82, 2.24) is 14.5 Å². The highest BCUT2D eigenvalue weighted by molar-refractivity contribution is 5.77. The number of hydrogen-bond acceptors (Lipinski definition) is 4. The molecule has 0 radical (unpaired) electrons. The van der Waals surface area contributed by atoms with Crippen LogP contribution in [0.5, 0.6) is 0 Å². The fourth-order valence-electron chi connectivity index (χ4n) is 4.03. The van der Waals surface area contributed by atoms with Crippen molar-refractivity contribution >= 4 is 12.0 Å². The SMILES string of the molecule is CCOC(=O)[C@]1(C/C=C/c2ccccc2)CCCN(Cc2nccn2CC)C1. The quantitative estimate of drug-likeness (QED) is 0.645. The number of rotatable bonds is 8. The van der Waals surface area contributed by atoms with Crippen LogP contribution in [0.3, 0.4) is 0 Å². The molecule has 2 aromatic rings. The van der Waals surface area contributed by atoms with Crippen molar-refractivity contribution in [3.05, 3.63) is 60.2 Å². The van der Waals surface area contributed by atoms with Gasteiger partial charge in [0.05, 0.1) is 18.6 Å². The zero-order valence-corrected chi connectivity index (χ0v) is 17.0. The number of aromatic nitrogens is 2. The zero-order valence-electron chi connectivity index (χ0n) is 17.0. The molecule has 1 atom stereocenters. The van der Waals surface area contributed by atoms with Crippen molar-refractivity contribution in [2.45, 2.75) is 46.2 Å². The van der Waals surface area contributed by atoms with Gasteiger partial charge in [-0.1, -0.05) is 42.5 Å². The molecule has 1 aliphatic rings. The minimum atomic E-state index is -0.483. The van der Waals surface area contributed by atoms with E-state index in [2.05, 4.69) is 45.7 Å². The summed E-state index contributed by atoms with van der Waals surface area (Å²) in [5, 5.41) is 0. The van der Waals surface area contributed by atoms with E-state index in [-0.39, 0.29) is 5.97 Å². The fraction of sp³-hybridized carbons (Fsp3) is 0.478. The maximum absolute atomic E-state index is 12.9. The lowest BCUT2D eigenvalue weighted by Crippen LogP contribution is -2.48. The number of nitrogens with zero attached hydrogens (tertiary/aromatic N) is 3. The summed E-state index contributed by atoms with van der Waals surface area (Å²) >= 11 is 0. The van der Waals surface area contributed by atoms with E-state index in [9.17, 15) is 4.79 Å². The predicted octanol–water partition coefficient (Wildman–Crippen LogP) is 4.15. The van der Waals surface area contributed by atoms with Crippen LogP contribution in [0.4, 0.5) is 0 Å². The van der Waals surface area contributed by atoms with Gasteiger partial charge in [0.15, 0.2) is 0 Å². The summed E-state index contributed by atoms with van der Waals surface area (Å²) in [4.78, 5) is 19.8. The molecule has 0 unspecified atom stereocenters. The number of piperidine rings is 1. The molecule has 150 valence electrons.